The van der Waals surface area contributed by atoms with Crippen molar-refractivity contribution in [1.29, 1.82) is 0 Å². The lowest BCUT2D eigenvalue weighted by molar-refractivity contribution is 0.440. The average Bonchev–Trinajstić information content (AvgIpc) is 2.74. The summed E-state index contributed by atoms with van der Waals surface area (Å²) < 4.78 is 0. The Hall–Kier alpha value is -1.60. The van der Waals surface area contributed by atoms with Crippen molar-refractivity contribution in [3.63, 3.8) is 0 Å². The Kier molecular flexibility index (Phi) is 2.12. The second-order valence-corrected chi connectivity index (χ2v) is 5.52. The lowest BCUT2D eigenvalue weighted by Crippen LogP contribution is -2.41. The van der Waals surface area contributed by atoms with Gasteiger partial charge in [-0.1, -0.05) is 54.6 Å². The molecule has 2 aromatic rings. The Bertz CT molecular complexity index is 623. The Balaban J connectivity index is 1.97. The molecule has 0 radical (unpaired) electrons. The molecule has 0 amide bonds. The molecule has 2 heterocycles. The smallest absolute Gasteiger partial charge is 0.0629 e. The van der Waals surface area contributed by atoms with E-state index in [1.165, 1.54) is 35.6 Å². The lowest BCUT2D eigenvalue weighted by Gasteiger charge is -2.32. The maximum absolute atomic E-state index is 3.83. The van der Waals surface area contributed by atoms with Crippen LogP contribution in [0.2, 0.25) is 0 Å². The van der Waals surface area contributed by atoms with Crippen molar-refractivity contribution in [3.05, 3.63) is 60.2 Å². The summed E-state index contributed by atoms with van der Waals surface area (Å²) in [5, 5.41) is 6.56. The predicted molar refractivity (Wildman–Crippen MR) is 75.5 cm³/mol. The van der Waals surface area contributed by atoms with Crippen LogP contribution in [0, 0.1) is 0 Å². The van der Waals surface area contributed by atoms with Gasteiger partial charge < -0.3 is 5.32 Å². The molecule has 4 rings (SSSR count). The van der Waals surface area contributed by atoms with Crippen molar-refractivity contribution in [3.8, 4) is 0 Å². The van der Waals surface area contributed by atoms with Gasteiger partial charge in [-0.25, -0.2) is 0 Å². The van der Waals surface area contributed by atoms with Crippen molar-refractivity contribution in [2.24, 2.45) is 0 Å². The van der Waals surface area contributed by atoms with E-state index in [1.807, 2.05) is 0 Å². The monoisotopic (exact) mass is 235 g/mol. The highest BCUT2D eigenvalue weighted by Crippen LogP contribution is 2.41. The van der Waals surface area contributed by atoms with Crippen LogP contribution in [-0.4, -0.2) is 6.04 Å². The summed E-state index contributed by atoms with van der Waals surface area (Å²) in [6.45, 7) is 0. The van der Waals surface area contributed by atoms with E-state index in [-0.39, 0.29) is 5.54 Å². The largest absolute Gasteiger partial charge is 0.301 e. The van der Waals surface area contributed by atoms with Gasteiger partial charge in [-0.05, 0) is 35.6 Å². The minimum atomic E-state index is 0.0871. The van der Waals surface area contributed by atoms with Crippen LogP contribution in [0.4, 0.5) is 0 Å². The fourth-order valence-corrected chi connectivity index (χ4v) is 3.57. The van der Waals surface area contributed by atoms with Crippen molar-refractivity contribution in [2.75, 3.05) is 0 Å². The second kappa shape index (κ2) is 3.69. The van der Waals surface area contributed by atoms with Crippen LogP contribution in [0.1, 0.15) is 24.8 Å². The van der Waals surface area contributed by atoms with Crippen LogP contribution in [0.5, 0.6) is 0 Å². The fraction of sp³-hybridized carbons (Fsp3) is 0.294. The Labute approximate surface area is 108 Å². The minimum Gasteiger partial charge on any atom is -0.301 e. The summed E-state index contributed by atoms with van der Waals surface area (Å²) >= 11 is 0. The van der Waals surface area contributed by atoms with Crippen molar-refractivity contribution >= 4 is 10.8 Å². The highest BCUT2D eigenvalue weighted by Gasteiger charge is 2.40. The molecule has 90 valence electrons. The quantitative estimate of drug-likeness (QED) is 0.742. The second-order valence-electron chi connectivity index (χ2n) is 5.52. The van der Waals surface area contributed by atoms with E-state index in [2.05, 4.69) is 59.9 Å². The van der Waals surface area contributed by atoms with Gasteiger partial charge in [-0.15, -0.1) is 0 Å². The van der Waals surface area contributed by atoms with Crippen molar-refractivity contribution in [1.82, 2.24) is 5.32 Å². The minimum absolute atomic E-state index is 0.0871. The maximum Gasteiger partial charge on any atom is 0.0629 e. The van der Waals surface area contributed by atoms with Crippen LogP contribution in [0.3, 0.4) is 0 Å². The normalized spacial score (nSPS) is 29.9. The molecular formula is C17H17N. The molecule has 0 aromatic heterocycles. The van der Waals surface area contributed by atoms with Gasteiger partial charge in [0.15, 0.2) is 0 Å². The van der Waals surface area contributed by atoms with E-state index in [0.717, 1.165) is 0 Å². The van der Waals surface area contributed by atoms with Gasteiger partial charge in [0.25, 0.3) is 0 Å². The molecule has 0 spiro atoms. The van der Waals surface area contributed by atoms with E-state index in [9.17, 15) is 0 Å². The summed E-state index contributed by atoms with van der Waals surface area (Å²) in [5.74, 6) is 0. The standard InChI is InChI=1S/C17H17N/c1-2-8-15-13(5-1)6-3-9-16(15)17-11-4-7-14(18-17)10-12-17/h1-6,8-9,11,14,18H,7,10,12H2. The average molecular weight is 235 g/mol. The lowest BCUT2D eigenvalue weighted by atomic mass is 9.84. The van der Waals surface area contributed by atoms with E-state index >= 15 is 0 Å². The first kappa shape index (κ1) is 10.3. The molecule has 0 aliphatic carbocycles. The summed E-state index contributed by atoms with van der Waals surface area (Å²) in [4.78, 5) is 0. The summed E-state index contributed by atoms with van der Waals surface area (Å²) in [6.07, 6.45) is 8.44. The van der Waals surface area contributed by atoms with Gasteiger partial charge in [0.2, 0.25) is 0 Å². The first-order chi connectivity index (χ1) is 8.87. The van der Waals surface area contributed by atoms with Crippen LogP contribution in [-0.2, 0) is 5.54 Å². The maximum atomic E-state index is 3.83. The van der Waals surface area contributed by atoms with Crippen LogP contribution < -0.4 is 5.32 Å². The molecule has 2 unspecified atom stereocenters. The molecule has 2 aliphatic heterocycles. The third kappa shape index (κ3) is 1.37. The molecule has 2 atom stereocenters. The first-order valence-corrected chi connectivity index (χ1v) is 6.81. The van der Waals surface area contributed by atoms with E-state index < -0.39 is 0 Å². The molecule has 1 heteroatoms. The number of hydrogen-bond acceptors (Lipinski definition) is 1. The number of nitrogens with one attached hydrogen (secondary N) is 1. The number of rotatable bonds is 1. The number of hydrogen-bond donors (Lipinski definition) is 1. The SMILES string of the molecule is C1=CC2(c3cccc4ccccc34)CCC(C1)N2. The molecule has 18 heavy (non-hydrogen) atoms. The molecule has 2 aromatic carbocycles. The predicted octanol–water partition coefficient (Wildman–Crippen LogP) is 3.75. The summed E-state index contributed by atoms with van der Waals surface area (Å²) in [7, 11) is 0. The number of fused-ring (bicyclic) bond motifs is 3. The Morgan fingerprint density at radius 2 is 1.94 bits per heavy atom. The highest BCUT2D eigenvalue weighted by atomic mass is 15.0. The van der Waals surface area contributed by atoms with E-state index in [4.69, 9.17) is 0 Å². The zero-order valence-electron chi connectivity index (χ0n) is 10.4. The molecule has 2 bridgehead atoms. The van der Waals surface area contributed by atoms with Gasteiger partial charge in [0.05, 0.1) is 5.54 Å². The van der Waals surface area contributed by atoms with Gasteiger partial charge in [0.1, 0.15) is 0 Å². The molecule has 1 fully saturated rings. The summed E-state index contributed by atoms with van der Waals surface area (Å²) in [5.41, 5.74) is 1.53. The first-order valence-electron chi connectivity index (χ1n) is 6.81. The van der Waals surface area contributed by atoms with Gasteiger partial charge in [0, 0.05) is 6.04 Å². The molecule has 2 aliphatic rings. The zero-order chi connectivity index (χ0) is 12.0. The van der Waals surface area contributed by atoms with Gasteiger partial charge >= 0.3 is 0 Å². The third-order valence-electron chi connectivity index (χ3n) is 4.44. The molecule has 1 saturated heterocycles. The highest BCUT2D eigenvalue weighted by molar-refractivity contribution is 5.87. The van der Waals surface area contributed by atoms with E-state index in [1.54, 1.807) is 0 Å². The Morgan fingerprint density at radius 1 is 1.06 bits per heavy atom. The fourth-order valence-electron chi connectivity index (χ4n) is 3.57. The van der Waals surface area contributed by atoms with Crippen LogP contribution in [0.15, 0.2) is 54.6 Å². The zero-order valence-corrected chi connectivity index (χ0v) is 10.4. The summed E-state index contributed by atoms with van der Waals surface area (Å²) in [6, 6.07) is 16.1. The molecule has 0 saturated carbocycles. The van der Waals surface area contributed by atoms with Crippen molar-refractivity contribution in [2.45, 2.75) is 30.8 Å². The molecule has 1 N–H and O–H groups in total. The Morgan fingerprint density at radius 3 is 2.94 bits per heavy atom. The van der Waals surface area contributed by atoms with E-state index in [0.29, 0.717) is 6.04 Å². The third-order valence-corrected chi connectivity index (χ3v) is 4.44. The van der Waals surface area contributed by atoms with Gasteiger partial charge in [-0.2, -0.15) is 0 Å². The van der Waals surface area contributed by atoms with Crippen LogP contribution >= 0.6 is 0 Å². The molecule has 1 nitrogen and oxygen atoms in total. The number of benzene rings is 2. The van der Waals surface area contributed by atoms with Gasteiger partial charge in [-0.3, -0.25) is 0 Å². The van der Waals surface area contributed by atoms with Crippen LogP contribution in [0.25, 0.3) is 10.8 Å². The topological polar surface area (TPSA) is 12.0 Å². The van der Waals surface area contributed by atoms with Crippen molar-refractivity contribution < 1.29 is 0 Å². The molecular weight excluding hydrogens is 218 g/mol.